The van der Waals surface area contributed by atoms with Crippen molar-refractivity contribution in [2.45, 2.75) is 24.2 Å². The fourth-order valence-corrected chi connectivity index (χ4v) is 4.48. The summed E-state index contributed by atoms with van der Waals surface area (Å²) in [5, 5.41) is 0. The van der Waals surface area contributed by atoms with E-state index in [2.05, 4.69) is 9.35 Å². The van der Waals surface area contributed by atoms with Crippen molar-refractivity contribution in [3.8, 4) is 0 Å². The Balaban J connectivity index is 1.78. The molecule has 7 heteroatoms. The maximum Gasteiger partial charge on any atom is 0.442 e. The van der Waals surface area contributed by atoms with Crippen LogP contribution in [-0.4, -0.2) is 21.5 Å². The minimum absolute atomic E-state index is 0.0994. The van der Waals surface area contributed by atoms with Gasteiger partial charge in [-0.25, -0.2) is 9.00 Å². The third-order valence-corrected chi connectivity index (χ3v) is 6.70. The lowest BCUT2D eigenvalue weighted by atomic mass is 10.2. The monoisotopic (exact) mass is 345 g/mol. The maximum absolute atomic E-state index is 13.1. The van der Waals surface area contributed by atoms with E-state index >= 15 is 0 Å². The van der Waals surface area contributed by atoms with Crippen molar-refractivity contribution in [3.05, 3.63) is 59.9 Å². The molecule has 0 saturated heterocycles. The van der Waals surface area contributed by atoms with Crippen LogP contribution in [0.15, 0.2) is 53.0 Å². The van der Waals surface area contributed by atoms with Crippen molar-refractivity contribution < 1.29 is 13.7 Å². The van der Waals surface area contributed by atoms with Gasteiger partial charge < -0.3 is 10.5 Å². The number of aromatic nitrogens is 1. The Morgan fingerprint density at radius 3 is 2.67 bits per heavy atom. The molecule has 2 aromatic rings. The summed E-state index contributed by atoms with van der Waals surface area (Å²) in [6, 6.07) is 12.6. The number of hydrogen-bond donors (Lipinski definition) is 1. The van der Waals surface area contributed by atoms with Gasteiger partial charge in [0.25, 0.3) is 0 Å². The van der Waals surface area contributed by atoms with Crippen molar-refractivity contribution >= 4 is 21.5 Å². The highest BCUT2D eigenvalue weighted by atomic mass is 32.2. The summed E-state index contributed by atoms with van der Waals surface area (Å²) in [4.78, 5) is 16.3. The molecular formula is C17H19N3O3S. The molecule has 0 radical (unpaired) electrons. The Morgan fingerprint density at radius 2 is 2.04 bits per heavy atom. The van der Waals surface area contributed by atoms with Gasteiger partial charge in [-0.15, -0.1) is 4.36 Å². The van der Waals surface area contributed by atoms with E-state index < -0.39 is 20.6 Å². The van der Waals surface area contributed by atoms with Crippen LogP contribution in [0, 0.1) is 0 Å². The van der Waals surface area contributed by atoms with Crippen LogP contribution in [0.3, 0.4) is 0 Å². The average molecular weight is 345 g/mol. The van der Waals surface area contributed by atoms with E-state index in [0.717, 1.165) is 5.56 Å². The zero-order chi connectivity index (χ0) is 17.2. The van der Waals surface area contributed by atoms with Gasteiger partial charge in [0.05, 0.1) is 20.2 Å². The number of benzene rings is 1. The second-order valence-corrected chi connectivity index (χ2v) is 8.47. The number of ether oxygens (including phenoxy) is 1. The summed E-state index contributed by atoms with van der Waals surface area (Å²) in [5.74, 6) is 0. The van der Waals surface area contributed by atoms with E-state index in [1.165, 1.54) is 6.26 Å². The fourth-order valence-electron chi connectivity index (χ4n) is 2.61. The minimum Gasteiger partial charge on any atom is -0.443 e. The smallest absolute Gasteiger partial charge is 0.442 e. The summed E-state index contributed by atoms with van der Waals surface area (Å²) in [5.41, 5.74) is 7.80. The largest absolute Gasteiger partial charge is 0.443 e. The molecule has 1 aromatic heterocycles. The average Bonchev–Trinajstić information content (AvgIpc) is 3.36. The van der Waals surface area contributed by atoms with E-state index in [0.29, 0.717) is 24.2 Å². The highest BCUT2D eigenvalue weighted by Gasteiger charge is 2.53. The van der Waals surface area contributed by atoms with E-state index in [9.17, 15) is 9.00 Å². The van der Waals surface area contributed by atoms with Crippen LogP contribution in [0.4, 0.5) is 10.5 Å². The number of nitrogens with zero attached hydrogens (tertiary/aromatic N) is 2. The van der Waals surface area contributed by atoms with Gasteiger partial charge >= 0.3 is 6.09 Å². The quantitative estimate of drug-likeness (QED) is 0.919. The third-order valence-electron chi connectivity index (χ3n) is 4.13. The van der Waals surface area contributed by atoms with Crippen LogP contribution in [0.25, 0.3) is 0 Å². The van der Waals surface area contributed by atoms with Crippen LogP contribution in [0.5, 0.6) is 0 Å². The normalized spacial score (nSPS) is 17.5. The fraction of sp³-hybridized carbons (Fsp3) is 0.294. The summed E-state index contributed by atoms with van der Waals surface area (Å²) in [6.45, 7) is 0.0994. The molecule has 1 aromatic carbocycles. The van der Waals surface area contributed by atoms with Crippen LogP contribution >= 0.6 is 0 Å². The third kappa shape index (κ3) is 3.26. The lowest BCUT2D eigenvalue weighted by molar-refractivity contribution is 0.151. The number of carbonyl (C=O) groups is 1. The highest BCUT2D eigenvalue weighted by Crippen LogP contribution is 2.52. The molecule has 1 amide bonds. The summed E-state index contributed by atoms with van der Waals surface area (Å²) in [6.07, 6.45) is 3.56. The highest BCUT2D eigenvalue weighted by molar-refractivity contribution is 7.94. The molecule has 126 valence electrons. The molecule has 1 aliphatic carbocycles. The van der Waals surface area contributed by atoms with E-state index in [1.807, 2.05) is 30.3 Å². The predicted molar refractivity (Wildman–Crippen MR) is 92.7 cm³/mol. The van der Waals surface area contributed by atoms with Gasteiger partial charge in [0, 0.05) is 18.1 Å². The SMILES string of the molecule is CS(=O)(=NC(=O)OCc1ccccc1)C1(c2cc(N)ccn2)CC1. The zero-order valence-corrected chi connectivity index (χ0v) is 14.2. The van der Waals surface area contributed by atoms with Gasteiger partial charge in [0.15, 0.2) is 0 Å². The molecule has 1 unspecified atom stereocenters. The predicted octanol–water partition coefficient (Wildman–Crippen LogP) is 3.09. The maximum atomic E-state index is 13.1. The zero-order valence-electron chi connectivity index (χ0n) is 13.3. The van der Waals surface area contributed by atoms with Crippen LogP contribution in [0.2, 0.25) is 0 Å². The number of carbonyl (C=O) groups excluding carboxylic acids is 1. The molecule has 6 nitrogen and oxygen atoms in total. The summed E-state index contributed by atoms with van der Waals surface area (Å²) in [7, 11) is -2.84. The topological polar surface area (TPSA) is 94.6 Å². The van der Waals surface area contributed by atoms with Gasteiger partial charge in [-0.05, 0) is 30.5 Å². The Morgan fingerprint density at radius 1 is 1.33 bits per heavy atom. The molecule has 0 spiro atoms. The number of nitrogens with two attached hydrogens (primary N) is 1. The van der Waals surface area contributed by atoms with Gasteiger partial charge in [-0.3, -0.25) is 4.98 Å². The van der Waals surface area contributed by atoms with Gasteiger partial charge in [0.1, 0.15) is 6.61 Å². The van der Waals surface area contributed by atoms with Crippen LogP contribution in [-0.2, 0) is 25.8 Å². The van der Waals surface area contributed by atoms with Crippen molar-refractivity contribution in [1.29, 1.82) is 0 Å². The van der Waals surface area contributed by atoms with E-state index in [1.54, 1.807) is 18.3 Å². The van der Waals surface area contributed by atoms with Crippen molar-refractivity contribution in [2.75, 3.05) is 12.0 Å². The number of nitrogen functional groups attached to an aromatic ring is 1. The second kappa shape index (κ2) is 6.24. The van der Waals surface area contributed by atoms with Crippen molar-refractivity contribution in [1.82, 2.24) is 4.98 Å². The Bertz CT molecular complexity index is 870. The number of pyridine rings is 1. The molecule has 2 N–H and O–H groups in total. The Hall–Kier alpha value is -2.41. The van der Waals surface area contributed by atoms with Crippen LogP contribution in [0.1, 0.15) is 24.1 Å². The molecular weight excluding hydrogens is 326 g/mol. The molecule has 1 heterocycles. The lowest BCUT2D eigenvalue weighted by Crippen LogP contribution is -2.22. The minimum atomic E-state index is -2.84. The summed E-state index contributed by atoms with van der Waals surface area (Å²) >= 11 is 0. The van der Waals surface area contributed by atoms with Gasteiger partial charge in [-0.1, -0.05) is 30.3 Å². The standard InChI is InChI=1S/C17H19N3O3S/c1-24(22,17(8-9-17)15-11-14(18)7-10-19-15)20-16(21)23-12-13-5-3-2-4-6-13/h2-7,10-11H,8-9,12H2,1H3,(H2,18,19). The number of rotatable bonds is 4. The molecule has 1 fully saturated rings. The second-order valence-electron chi connectivity index (χ2n) is 5.90. The molecule has 3 rings (SSSR count). The van der Waals surface area contributed by atoms with Crippen molar-refractivity contribution in [3.63, 3.8) is 0 Å². The molecule has 1 aliphatic rings. The first kappa shape index (κ1) is 16.4. The van der Waals surface area contributed by atoms with Gasteiger partial charge in [-0.2, -0.15) is 0 Å². The molecule has 0 bridgehead atoms. The lowest BCUT2D eigenvalue weighted by Gasteiger charge is -2.16. The Kier molecular flexibility index (Phi) is 4.28. The molecule has 24 heavy (non-hydrogen) atoms. The number of anilines is 1. The first-order valence-corrected chi connectivity index (χ1v) is 9.50. The first-order valence-electron chi connectivity index (χ1n) is 7.57. The number of hydrogen-bond acceptors (Lipinski definition) is 5. The summed E-state index contributed by atoms with van der Waals surface area (Å²) < 4.78 is 21.3. The molecule has 1 atom stereocenters. The number of amides is 1. The first-order chi connectivity index (χ1) is 11.4. The molecule has 1 saturated carbocycles. The van der Waals surface area contributed by atoms with Gasteiger partial charge in [0.2, 0.25) is 0 Å². The molecule has 0 aliphatic heterocycles. The van der Waals surface area contributed by atoms with Crippen LogP contribution < -0.4 is 5.73 Å². The van der Waals surface area contributed by atoms with Crippen molar-refractivity contribution in [2.24, 2.45) is 4.36 Å². The Labute approximate surface area is 141 Å². The van der Waals surface area contributed by atoms with E-state index in [-0.39, 0.29) is 6.61 Å². The van der Waals surface area contributed by atoms with E-state index in [4.69, 9.17) is 10.5 Å².